The molecule has 10 heteroatoms. The average molecular weight is 470 g/mol. The number of nitrogens with one attached hydrogen (secondary N) is 2. The number of rotatable bonds is 6. The summed E-state index contributed by atoms with van der Waals surface area (Å²) in [4.78, 5) is 48.7. The van der Waals surface area contributed by atoms with Crippen molar-refractivity contribution in [1.29, 1.82) is 0 Å². The van der Waals surface area contributed by atoms with Crippen molar-refractivity contribution in [3.8, 4) is 5.75 Å². The maximum Gasteiger partial charge on any atom is 0.276 e. The summed E-state index contributed by atoms with van der Waals surface area (Å²) < 4.78 is 0. The molecule has 9 nitrogen and oxygen atoms in total. The van der Waals surface area contributed by atoms with Crippen molar-refractivity contribution in [2.45, 2.75) is 46.6 Å². The number of aromatic hydroxyl groups is 1. The van der Waals surface area contributed by atoms with Crippen LogP contribution in [-0.4, -0.2) is 39.5 Å². The number of carbonyl (C=O) groups is 1. The van der Waals surface area contributed by atoms with Crippen LogP contribution in [0.25, 0.3) is 0 Å². The van der Waals surface area contributed by atoms with Gasteiger partial charge in [-0.2, -0.15) is 0 Å². The number of amides is 1. The maximum absolute atomic E-state index is 12.5. The van der Waals surface area contributed by atoms with E-state index in [9.17, 15) is 19.5 Å². The first-order valence-corrected chi connectivity index (χ1v) is 11.6. The van der Waals surface area contributed by atoms with E-state index in [2.05, 4.69) is 34.4 Å². The summed E-state index contributed by atoms with van der Waals surface area (Å²) in [7, 11) is 1.60. The minimum Gasteiger partial charge on any atom is -0.504 e. The number of aromatic nitrogens is 2. The van der Waals surface area contributed by atoms with Crippen molar-refractivity contribution in [2.24, 2.45) is 5.41 Å². The minimum atomic E-state index is -0.685. The van der Waals surface area contributed by atoms with Gasteiger partial charge in [0.05, 0.1) is 22.4 Å². The molecule has 1 aliphatic rings. The molecule has 0 fully saturated rings. The van der Waals surface area contributed by atoms with E-state index in [1.165, 1.54) is 22.0 Å². The van der Waals surface area contributed by atoms with Crippen LogP contribution >= 0.6 is 11.3 Å². The second-order valence-electron chi connectivity index (χ2n) is 9.02. The third-order valence-corrected chi connectivity index (χ3v) is 7.34. The highest BCUT2D eigenvalue weighted by Crippen LogP contribution is 2.47. The lowest BCUT2D eigenvalue weighted by atomic mass is 9.74. The predicted octanol–water partition coefficient (Wildman–Crippen LogP) is 3.11. The Morgan fingerprint density at radius 1 is 1.30 bits per heavy atom. The minimum absolute atomic E-state index is 0.0543. The number of hydrogen-bond acceptors (Lipinski definition) is 9. The zero-order chi connectivity index (χ0) is 24.1. The SMILES string of the molecule is CCN(C)C(=O)c1nccc(Nc2c(NC3c4nc(C)sc4CCC3(C)C)c(=O)c2=O)c1O. The van der Waals surface area contributed by atoms with Gasteiger partial charge >= 0.3 is 0 Å². The maximum atomic E-state index is 12.5. The van der Waals surface area contributed by atoms with Gasteiger partial charge in [-0.05, 0) is 38.2 Å². The Labute approximate surface area is 195 Å². The van der Waals surface area contributed by atoms with Gasteiger partial charge in [-0.25, -0.2) is 9.97 Å². The summed E-state index contributed by atoms with van der Waals surface area (Å²) in [6, 6.07) is 1.21. The largest absolute Gasteiger partial charge is 0.504 e. The molecule has 0 bridgehead atoms. The molecule has 1 aliphatic carbocycles. The summed E-state index contributed by atoms with van der Waals surface area (Å²) in [6.07, 6.45) is 3.21. The van der Waals surface area contributed by atoms with Gasteiger partial charge in [-0.3, -0.25) is 14.4 Å². The van der Waals surface area contributed by atoms with Crippen molar-refractivity contribution < 1.29 is 9.90 Å². The standard InChI is InChI=1S/C23H27N5O4S/c1-6-28(5)22(32)17-18(29)12(8-10-24-17)26-15-16(20(31)19(15)30)27-21-14-13(33-11(2)25-14)7-9-23(21,3)4/h8,10,21,27,29H,6-7,9H2,1-5H3,(H,24,26). The summed E-state index contributed by atoms with van der Waals surface area (Å²) in [5.41, 5.74) is -0.374. The van der Waals surface area contributed by atoms with E-state index in [-0.39, 0.29) is 40.0 Å². The molecular weight excluding hydrogens is 442 g/mol. The first kappa shape index (κ1) is 22.9. The normalized spacial score (nSPS) is 16.9. The highest BCUT2D eigenvalue weighted by molar-refractivity contribution is 7.11. The van der Waals surface area contributed by atoms with Gasteiger partial charge in [0, 0.05) is 24.7 Å². The van der Waals surface area contributed by atoms with Crippen LogP contribution in [0.1, 0.15) is 59.3 Å². The van der Waals surface area contributed by atoms with E-state index in [4.69, 9.17) is 0 Å². The molecule has 1 atom stereocenters. The Balaban J connectivity index is 1.67. The molecule has 1 amide bonds. The van der Waals surface area contributed by atoms with Crippen molar-refractivity contribution >= 4 is 34.3 Å². The first-order valence-electron chi connectivity index (χ1n) is 10.8. The van der Waals surface area contributed by atoms with E-state index < -0.39 is 16.8 Å². The highest BCUT2D eigenvalue weighted by atomic mass is 32.1. The van der Waals surface area contributed by atoms with E-state index in [1.54, 1.807) is 25.3 Å². The zero-order valence-electron chi connectivity index (χ0n) is 19.3. The van der Waals surface area contributed by atoms with Crippen molar-refractivity contribution in [3.63, 3.8) is 0 Å². The lowest BCUT2D eigenvalue weighted by Crippen LogP contribution is -2.41. The number of aryl methyl sites for hydroxylation is 2. The Kier molecular flexibility index (Phi) is 5.73. The van der Waals surface area contributed by atoms with E-state index in [1.807, 2.05) is 6.92 Å². The van der Waals surface area contributed by atoms with Crippen LogP contribution in [0.15, 0.2) is 21.9 Å². The monoisotopic (exact) mass is 469 g/mol. The van der Waals surface area contributed by atoms with Gasteiger partial charge in [0.1, 0.15) is 11.4 Å². The van der Waals surface area contributed by atoms with Crippen LogP contribution in [-0.2, 0) is 6.42 Å². The van der Waals surface area contributed by atoms with Crippen molar-refractivity contribution in [2.75, 3.05) is 24.2 Å². The molecule has 1 unspecified atom stereocenters. The zero-order valence-corrected chi connectivity index (χ0v) is 20.1. The predicted molar refractivity (Wildman–Crippen MR) is 128 cm³/mol. The summed E-state index contributed by atoms with van der Waals surface area (Å²) in [6.45, 7) is 8.42. The molecule has 2 aromatic heterocycles. The second kappa shape index (κ2) is 8.26. The fourth-order valence-electron chi connectivity index (χ4n) is 4.07. The number of hydrogen-bond donors (Lipinski definition) is 3. The van der Waals surface area contributed by atoms with Gasteiger partial charge in [0.15, 0.2) is 11.4 Å². The molecule has 1 aromatic carbocycles. The molecule has 33 heavy (non-hydrogen) atoms. The molecule has 0 saturated carbocycles. The van der Waals surface area contributed by atoms with Gasteiger partial charge in [-0.1, -0.05) is 13.8 Å². The van der Waals surface area contributed by atoms with E-state index >= 15 is 0 Å². The third-order valence-electron chi connectivity index (χ3n) is 6.29. The highest BCUT2D eigenvalue weighted by Gasteiger charge is 2.40. The smallest absolute Gasteiger partial charge is 0.276 e. The van der Waals surface area contributed by atoms with Crippen LogP contribution < -0.4 is 21.5 Å². The molecule has 2 heterocycles. The van der Waals surface area contributed by atoms with E-state index in [0.717, 1.165) is 23.5 Å². The van der Waals surface area contributed by atoms with E-state index in [0.29, 0.717) is 6.54 Å². The molecule has 0 saturated heterocycles. The van der Waals surface area contributed by atoms with Crippen LogP contribution in [0, 0.1) is 12.3 Å². The fraction of sp³-hybridized carbons (Fsp3) is 0.435. The molecule has 0 spiro atoms. The third kappa shape index (κ3) is 3.88. The summed E-state index contributed by atoms with van der Waals surface area (Å²) >= 11 is 1.65. The molecule has 3 N–H and O–H groups in total. The fourth-order valence-corrected chi connectivity index (χ4v) is 5.04. The number of thiazole rings is 1. The molecular formula is C23H27N5O4S. The Morgan fingerprint density at radius 3 is 2.70 bits per heavy atom. The molecule has 0 aliphatic heterocycles. The van der Waals surface area contributed by atoms with Crippen LogP contribution in [0.2, 0.25) is 0 Å². The number of pyridine rings is 1. The lowest BCUT2D eigenvalue weighted by Gasteiger charge is -2.39. The second-order valence-corrected chi connectivity index (χ2v) is 10.3. The van der Waals surface area contributed by atoms with Crippen molar-refractivity contribution in [3.05, 3.63) is 54.0 Å². The van der Waals surface area contributed by atoms with Gasteiger partial charge in [0.2, 0.25) is 0 Å². The summed E-state index contributed by atoms with van der Waals surface area (Å²) in [5.74, 6) is -0.824. The topological polar surface area (TPSA) is 125 Å². The van der Waals surface area contributed by atoms with Crippen LogP contribution in [0.4, 0.5) is 17.1 Å². The number of nitrogens with zero attached hydrogens (tertiary/aromatic N) is 3. The van der Waals surface area contributed by atoms with Gasteiger partial charge in [0.25, 0.3) is 16.8 Å². The molecule has 3 aromatic rings. The Bertz CT molecular complexity index is 1310. The number of carbonyl (C=O) groups excluding carboxylic acids is 1. The quantitative estimate of drug-likeness (QED) is 0.471. The Morgan fingerprint density at radius 2 is 2.00 bits per heavy atom. The molecule has 4 rings (SSSR count). The van der Waals surface area contributed by atoms with Crippen molar-refractivity contribution in [1.82, 2.24) is 14.9 Å². The van der Waals surface area contributed by atoms with Gasteiger partial charge < -0.3 is 20.6 Å². The summed E-state index contributed by atoms with van der Waals surface area (Å²) in [5, 5.41) is 17.7. The van der Waals surface area contributed by atoms with Gasteiger partial charge in [-0.15, -0.1) is 11.3 Å². The molecule has 0 radical (unpaired) electrons. The lowest BCUT2D eigenvalue weighted by molar-refractivity contribution is 0.0793. The average Bonchev–Trinajstić information content (AvgIpc) is 3.17. The number of anilines is 3. The Hall–Kier alpha value is -3.27. The first-order chi connectivity index (χ1) is 15.5. The molecule has 174 valence electrons. The van der Waals surface area contributed by atoms with Crippen LogP contribution in [0.3, 0.4) is 0 Å². The van der Waals surface area contributed by atoms with Crippen LogP contribution in [0.5, 0.6) is 5.75 Å². The number of fused-ring (bicyclic) bond motifs is 1.